The van der Waals surface area contributed by atoms with E-state index in [1.807, 2.05) is 6.92 Å². The monoisotopic (exact) mass is 371 g/mol. The van der Waals surface area contributed by atoms with Crippen LogP contribution in [0.15, 0.2) is 0 Å². The minimum atomic E-state index is -3.42. The Morgan fingerprint density at radius 3 is 2.73 bits per heavy atom. The van der Waals surface area contributed by atoms with Gasteiger partial charge in [-0.25, -0.2) is 13.1 Å². The maximum absolute atomic E-state index is 12.1. The first-order valence-electron chi connectivity index (χ1n) is 7.09. The third-order valence-corrected chi connectivity index (χ3v) is 5.89. The molecule has 0 spiro atoms. The number of nitrogens with zero attached hydrogens (tertiary/aromatic N) is 1. The van der Waals surface area contributed by atoms with Crippen LogP contribution in [0.4, 0.5) is 0 Å². The van der Waals surface area contributed by atoms with Gasteiger partial charge >= 0.3 is 0 Å². The second kappa shape index (κ2) is 9.59. The lowest BCUT2D eigenvalue weighted by atomic mass is 10.2. The number of thioether (sulfide) groups is 1. The second-order valence-electron chi connectivity index (χ2n) is 4.89. The highest BCUT2D eigenvalue weighted by Gasteiger charge is 2.33. The minimum absolute atomic E-state index is 0.00234. The molecule has 0 aromatic carbocycles. The number of hydrogen-bond donors (Lipinski definition) is 2. The zero-order valence-electron chi connectivity index (χ0n) is 12.5. The Bertz CT molecular complexity index is 487. The molecule has 0 aliphatic carbocycles. The van der Waals surface area contributed by atoms with Crippen LogP contribution in [0.2, 0.25) is 0 Å². The number of halogens is 1. The van der Waals surface area contributed by atoms with Gasteiger partial charge in [0, 0.05) is 25.3 Å². The van der Waals surface area contributed by atoms with Gasteiger partial charge in [-0.1, -0.05) is 6.92 Å². The molecular weight excluding hydrogens is 350 g/mol. The lowest BCUT2D eigenvalue weighted by Gasteiger charge is -2.22. The Balaban J connectivity index is 2.31. The molecule has 10 heteroatoms. The van der Waals surface area contributed by atoms with E-state index < -0.39 is 21.3 Å². The fourth-order valence-electron chi connectivity index (χ4n) is 1.95. The molecule has 1 rings (SSSR count). The Morgan fingerprint density at radius 2 is 2.09 bits per heavy atom. The van der Waals surface area contributed by atoms with Gasteiger partial charge in [-0.2, -0.15) is 0 Å². The van der Waals surface area contributed by atoms with Crippen molar-refractivity contribution in [2.75, 3.05) is 29.9 Å². The summed E-state index contributed by atoms with van der Waals surface area (Å²) in [6.07, 6.45) is 1.67. The van der Waals surface area contributed by atoms with E-state index >= 15 is 0 Å². The molecule has 0 bridgehead atoms. The van der Waals surface area contributed by atoms with E-state index in [1.165, 1.54) is 0 Å². The predicted molar refractivity (Wildman–Crippen MR) is 88.1 cm³/mol. The summed E-state index contributed by atoms with van der Waals surface area (Å²) in [7, 11) is -3.42. The Hall–Kier alpha value is -0.510. The highest BCUT2D eigenvalue weighted by molar-refractivity contribution is 7.99. The van der Waals surface area contributed by atoms with E-state index in [1.54, 1.807) is 16.7 Å². The summed E-state index contributed by atoms with van der Waals surface area (Å²) in [5.74, 6) is 0.962. The molecule has 1 heterocycles. The number of nitrogens with one attached hydrogen (secondary N) is 2. The standard InChI is InChI=1S/C12H22ClN3O4S2/c1-2-4-11(17)16-9-21-7-10(16)12(18)14-5-3-6-15-22(19,20)8-13/h10,15H,2-9H2,1H3,(H,14,18). The number of hydrogen-bond acceptors (Lipinski definition) is 5. The lowest BCUT2D eigenvalue weighted by molar-refractivity contribution is -0.138. The molecule has 0 aromatic rings. The number of amides is 2. The average molecular weight is 372 g/mol. The third-order valence-electron chi connectivity index (χ3n) is 3.09. The molecule has 0 aromatic heterocycles. The van der Waals surface area contributed by atoms with Gasteiger partial charge < -0.3 is 10.2 Å². The van der Waals surface area contributed by atoms with Gasteiger partial charge in [0.2, 0.25) is 21.8 Å². The van der Waals surface area contributed by atoms with E-state index in [9.17, 15) is 18.0 Å². The molecule has 22 heavy (non-hydrogen) atoms. The molecule has 0 saturated carbocycles. The smallest absolute Gasteiger partial charge is 0.243 e. The first kappa shape index (κ1) is 19.5. The van der Waals surface area contributed by atoms with Crippen molar-refractivity contribution in [3.63, 3.8) is 0 Å². The van der Waals surface area contributed by atoms with Crippen molar-refractivity contribution < 1.29 is 18.0 Å². The summed E-state index contributed by atoms with van der Waals surface area (Å²) in [6, 6.07) is -0.427. The van der Waals surface area contributed by atoms with E-state index in [-0.39, 0.29) is 18.4 Å². The zero-order chi connectivity index (χ0) is 16.6. The second-order valence-corrected chi connectivity index (χ2v) is 8.28. The minimum Gasteiger partial charge on any atom is -0.354 e. The number of carbonyl (C=O) groups excluding carboxylic acids is 2. The van der Waals surface area contributed by atoms with Gasteiger partial charge in [-0.05, 0) is 12.8 Å². The van der Waals surface area contributed by atoms with Crippen LogP contribution in [0.5, 0.6) is 0 Å². The SMILES string of the molecule is CCCC(=O)N1CSCC1C(=O)NCCCNS(=O)(=O)CCl. The van der Waals surface area contributed by atoms with Crippen molar-refractivity contribution in [2.24, 2.45) is 0 Å². The molecule has 2 amide bonds. The average Bonchev–Trinajstić information content (AvgIpc) is 2.96. The van der Waals surface area contributed by atoms with Crippen LogP contribution in [-0.2, 0) is 19.6 Å². The van der Waals surface area contributed by atoms with Gasteiger partial charge in [0.15, 0.2) is 0 Å². The van der Waals surface area contributed by atoms with Crippen LogP contribution >= 0.6 is 23.4 Å². The number of alkyl halides is 1. The summed E-state index contributed by atoms with van der Waals surface area (Å²) >= 11 is 6.81. The third kappa shape index (κ3) is 6.31. The first-order chi connectivity index (χ1) is 10.4. The molecule has 1 aliphatic rings. The maximum atomic E-state index is 12.1. The van der Waals surface area contributed by atoms with Crippen molar-refractivity contribution in [1.29, 1.82) is 0 Å². The van der Waals surface area contributed by atoms with E-state index in [0.29, 0.717) is 31.0 Å². The maximum Gasteiger partial charge on any atom is 0.243 e. The summed E-state index contributed by atoms with van der Waals surface area (Å²) in [5, 5.41) is 2.26. The Morgan fingerprint density at radius 1 is 1.36 bits per heavy atom. The summed E-state index contributed by atoms with van der Waals surface area (Å²) < 4.78 is 24.5. The molecule has 7 nitrogen and oxygen atoms in total. The van der Waals surface area contributed by atoms with Crippen LogP contribution in [-0.4, -0.2) is 61.1 Å². The van der Waals surface area contributed by atoms with E-state index in [4.69, 9.17) is 11.6 Å². The topological polar surface area (TPSA) is 95.6 Å². The number of sulfonamides is 1. The summed E-state index contributed by atoms with van der Waals surface area (Å²) in [6.45, 7) is 2.49. The lowest BCUT2D eigenvalue weighted by Crippen LogP contribution is -2.47. The molecule has 1 unspecified atom stereocenters. The van der Waals surface area contributed by atoms with Crippen LogP contribution in [0.3, 0.4) is 0 Å². The van der Waals surface area contributed by atoms with Crippen LogP contribution in [0.1, 0.15) is 26.2 Å². The largest absolute Gasteiger partial charge is 0.354 e. The van der Waals surface area contributed by atoms with Crippen LogP contribution in [0, 0.1) is 0 Å². The fraction of sp³-hybridized carbons (Fsp3) is 0.833. The molecule has 1 aliphatic heterocycles. The molecule has 1 fully saturated rings. The van der Waals surface area contributed by atoms with E-state index in [0.717, 1.165) is 6.42 Å². The van der Waals surface area contributed by atoms with Crippen LogP contribution in [0.25, 0.3) is 0 Å². The van der Waals surface area contributed by atoms with Gasteiger partial charge in [0.05, 0.1) is 5.88 Å². The number of rotatable bonds is 9. The fourth-order valence-corrected chi connectivity index (χ4v) is 3.89. The van der Waals surface area contributed by atoms with Gasteiger partial charge in [-0.15, -0.1) is 23.4 Å². The molecule has 2 N–H and O–H groups in total. The molecule has 128 valence electrons. The zero-order valence-corrected chi connectivity index (χ0v) is 14.9. The predicted octanol–water partition coefficient (Wildman–Crippen LogP) is 0.310. The Labute approximate surface area is 140 Å². The first-order valence-corrected chi connectivity index (χ1v) is 10.4. The van der Waals surface area contributed by atoms with Gasteiger partial charge in [0.25, 0.3) is 0 Å². The van der Waals surface area contributed by atoms with E-state index in [2.05, 4.69) is 10.0 Å². The molecular formula is C12H22ClN3O4S2. The molecule has 1 atom stereocenters. The van der Waals surface area contributed by atoms with Crippen molar-refractivity contribution in [3.05, 3.63) is 0 Å². The summed E-state index contributed by atoms with van der Waals surface area (Å²) in [5.41, 5.74) is 0. The van der Waals surface area contributed by atoms with Gasteiger partial charge in [-0.3, -0.25) is 9.59 Å². The van der Waals surface area contributed by atoms with Crippen LogP contribution < -0.4 is 10.0 Å². The number of carbonyl (C=O) groups is 2. The normalized spacial score (nSPS) is 18.5. The summed E-state index contributed by atoms with van der Waals surface area (Å²) in [4.78, 5) is 25.6. The van der Waals surface area contributed by atoms with Crippen molar-refractivity contribution >= 4 is 45.2 Å². The Kier molecular flexibility index (Phi) is 8.52. The van der Waals surface area contributed by atoms with Crippen molar-refractivity contribution in [1.82, 2.24) is 14.9 Å². The quantitative estimate of drug-likeness (QED) is 0.449. The molecule has 0 radical (unpaired) electrons. The highest BCUT2D eigenvalue weighted by Crippen LogP contribution is 2.22. The highest BCUT2D eigenvalue weighted by atomic mass is 35.5. The molecule has 1 saturated heterocycles. The van der Waals surface area contributed by atoms with Crippen molar-refractivity contribution in [2.45, 2.75) is 32.2 Å². The van der Waals surface area contributed by atoms with Gasteiger partial charge in [0.1, 0.15) is 11.3 Å². The van der Waals surface area contributed by atoms with Crippen molar-refractivity contribution in [3.8, 4) is 0 Å².